The third kappa shape index (κ3) is 5.43. The molecule has 0 unspecified atom stereocenters. The van der Waals surface area contributed by atoms with Gasteiger partial charge in [0.05, 0.1) is 11.4 Å². The molecule has 0 bridgehead atoms. The van der Waals surface area contributed by atoms with Gasteiger partial charge >= 0.3 is 5.69 Å². The van der Waals surface area contributed by atoms with Crippen molar-refractivity contribution in [1.82, 2.24) is 14.3 Å². The number of aromatic nitrogens is 2. The second kappa shape index (κ2) is 9.27. The molecule has 0 saturated carbocycles. The fourth-order valence-electron chi connectivity index (χ4n) is 3.36. The molecular formula is C23H27N5O5S. The van der Waals surface area contributed by atoms with Crippen LogP contribution in [0.15, 0.2) is 69.1 Å². The molecule has 2 aromatic carbocycles. The molecule has 4 N–H and O–H groups in total. The predicted molar refractivity (Wildman–Crippen MR) is 131 cm³/mol. The van der Waals surface area contributed by atoms with Crippen molar-refractivity contribution in [2.45, 2.75) is 37.8 Å². The number of H-pyrrole nitrogens is 1. The van der Waals surface area contributed by atoms with Crippen LogP contribution in [-0.4, -0.2) is 36.5 Å². The van der Waals surface area contributed by atoms with Crippen LogP contribution in [0.25, 0.3) is 0 Å². The molecule has 10 nitrogen and oxygen atoms in total. The summed E-state index contributed by atoms with van der Waals surface area (Å²) in [6, 6.07) is 14.3. The number of aromatic amines is 1. The first-order chi connectivity index (χ1) is 15.8. The van der Waals surface area contributed by atoms with Gasteiger partial charge in [0.2, 0.25) is 10.0 Å². The molecule has 1 heterocycles. The van der Waals surface area contributed by atoms with Crippen molar-refractivity contribution >= 4 is 27.4 Å². The SMILES string of the molecule is CN(C(=O)c1ccc(S(=O)(=O)NC(C)(C)C)cc1)c1c(N)n(Cc2ccccc2)c(=O)[nH]c1=O. The van der Waals surface area contributed by atoms with Crippen LogP contribution in [0.4, 0.5) is 11.5 Å². The molecule has 0 aliphatic heterocycles. The Balaban J connectivity index is 1.93. The lowest BCUT2D eigenvalue weighted by Gasteiger charge is -2.21. The summed E-state index contributed by atoms with van der Waals surface area (Å²) >= 11 is 0. The Bertz CT molecular complexity index is 1420. The number of sulfonamides is 1. The van der Waals surface area contributed by atoms with Crippen LogP contribution in [0, 0.1) is 0 Å². The normalized spacial score (nSPS) is 11.9. The number of rotatable bonds is 6. The van der Waals surface area contributed by atoms with Gasteiger partial charge in [-0.05, 0) is 50.6 Å². The summed E-state index contributed by atoms with van der Waals surface area (Å²) in [7, 11) is -2.42. The van der Waals surface area contributed by atoms with Crippen molar-refractivity contribution in [3.8, 4) is 0 Å². The monoisotopic (exact) mass is 485 g/mol. The molecule has 0 aliphatic carbocycles. The van der Waals surface area contributed by atoms with E-state index < -0.39 is 32.7 Å². The molecule has 1 amide bonds. The van der Waals surface area contributed by atoms with E-state index in [4.69, 9.17) is 5.73 Å². The fourth-order valence-corrected chi connectivity index (χ4v) is 4.78. The number of nitrogens with zero attached hydrogens (tertiary/aromatic N) is 2. The first-order valence-electron chi connectivity index (χ1n) is 10.4. The molecule has 0 radical (unpaired) electrons. The lowest BCUT2D eigenvalue weighted by atomic mass is 10.1. The molecule has 180 valence electrons. The lowest BCUT2D eigenvalue weighted by Crippen LogP contribution is -2.40. The quantitative estimate of drug-likeness (QED) is 0.482. The summed E-state index contributed by atoms with van der Waals surface area (Å²) in [4.78, 5) is 41.2. The second-order valence-electron chi connectivity index (χ2n) is 8.81. The summed E-state index contributed by atoms with van der Waals surface area (Å²) in [5.74, 6) is -0.767. The third-order valence-corrected chi connectivity index (χ3v) is 6.66. The van der Waals surface area contributed by atoms with Crippen LogP contribution in [0.1, 0.15) is 36.7 Å². The zero-order chi connectivity index (χ0) is 25.3. The van der Waals surface area contributed by atoms with Crippen molar-refractivity contribution in [1.29, 1.82) is 0 Å². The number of benzene rings is 2. The smallest absolute Gasteiger partial charge is 0.330 e. The van der Waals surface area contributed by atoms with E-state index in [2.05, 4.69) is 9.71 Å². The zero-order valence-electron chi connectivity index (χ0n) is 19.3. The Morgan fingerprint density at radius 3 is 2.21 bits per heavy atom. The van der Waals surface area contributed by atoms with Gasteiger partial charge in [-0.25, -0.2) is 17.9 Å². The first kappa shape index (κ1) is 24.9. The van der Waals surface area contributed by atoms with Crippen molar-refractivity contribution in [2.24, 2.45) is 0 Å². The van der Waals surface area contributed by atoms with Gasteiger partial charge in [0.25, 0.3) is 11.5 Å². The zero-order valence-corrected chi connectivity index (χ0v) is 20.1. The Morgan fingerprint density at radius 2 is 1.65 bits per heavy atom. The van der Waals surface area contributed by atoms with Crippen molar-refractivity contribution in [3.05, 3.63) is 86.6 Å². The van der Waals surface area contributed by atoms with Gasteiger partial charge in [0, 0.05) is 18.2 Å². The Labute approximate surface area is 197 Å². The molecule has 0 aliphatic rings. The molecule has 11 heteroatoms. The van der Waals surface area contributed by atoms with Crippen molar-refractivity contribution < 1.29 is 13.2 Å². The van der Waals surface area contributed by atoms with Gasteiger partial charge in [-0.2, -0.15) is 0 Å². The van der Waals surface area contributed by atoms with Crippen LogP contribution in [-0.2, 0) is 16.6 Å². The van der Waals surface area contributed by atoms with Gasteiger partial charge in [-0.1, -0.05) is 30.3 Å². The average molecular weight is 486 g/mol. The maximum absolute atomic E-state index is 13.1. The lowest BCUT2D eigenvalue weighted by molar-refractivity contribution is 0.0992. The topological polar surface area (TPSA) is 147 Å². The van der Waals surface area contributed by atoms with Crippen LogP contribution >= 0.6 is 0 Å². The predicted octanol–water partition coefficient (Wildman–Crippen LogP) is 1.52. The van der Waals surface area contributed by atoms with E-state index in [1.807, 2.05) is 6.07 Å². The van der Waals surface area contributed by atoms with E-state index in [1.54, 1.807) is 45.0 Å². The van der Waals surface area contributed by atoms with E-state index >= 15 is 0 Å². The molecule has 1 aromatic heterocycles. The first-order valence-corrected chi connectivity index (χ1v) is 11.9. The minimum atomic E-state index is -3.77. The fraction of sp³-hybridized carbons (Fsp3) is 0.261. The van der Waals surface area contributed by atoms with Crippen LogP contribution < -0.4 is 26.6 Å². The number of nitrogens with two attached hydrogens (primary N) is 1. The Morgan fingerprint density at radius 1 is 1.06 bits per heavy atom. The molecule has 0 atom stereocenters. The van der Waals surface area contributed by atoms with Crippen LogP contribution in [0.2, 0.25) is 0 Å². The minimum Gasteiger partial charge on any atom is -0.383 e. The molecule has 3 aromatic rings. The number of hydrogen-bond donors (Lipinski definition) is 3. The number of amides is 1. The highest BCUT2D eigenvalue weighted by molar-refractivity contribution is 7.89. The van der Waals surface area contributed by atoms with E-state index in [0.29, 0.717) is 0 Å². The molecular weight excluding hydrogens is 458 g/mol. The highest BCUT2D eigenvalue weighted by Gasteiger charge is 2.24. The van der Waals surface area contributed by atoms with Gasteiger partial charge in [-0.15, -0.1) is 0 Å². The van der Waals surface area contributed by atoms with Gasteiger partial charge < -0.3 is 10.6 Å². The largest absolute Gasteiger partial charge is 0.383 e. The number of carbonyl (C=O) groups excluding carboxylic acids is 1. The number of nitrogens with one attached hydrogen (secondary N) is 2. The van der Waals surface area contributed by atoms with Crippen LogP contribution in [0.5, 0.6) is 0 Å². The van der Waals surface area contributed by atoms with E-state index in [-0.39, 0.29) is 28.5 Å². The van der Waals surface area contributed by atoms with Gasteiger partial charge in [0.15, 0.2) is 5.69 Å². The van der Waals surface area contributed by atoms with Gasteiger partial charge in [0.1, 0.15) is 5.82 Å². The maximum Gasteiger partial charge on any atom is 0.330 e. The molecule has 0 fully saturated rings. The van der Waals surface area contributed by atoms with Crippen molar-refractivity contribution in [2.75, 3.05) is 17.7 Å². The summed E-state index contributed by atoms with van der Waals surface area (Å²) in [5, 5.41) is 0. The summed E-state index contributed by atoms with van der Waals surface area (Å²) in [6.45, 7) is 5.26. The maximum atomic E-state index is 13.1. The Kier molecular flexibility index (Phi) is 6.80. The minimum absolute atomic E-state index is 0.00426. The van der Waals surface area contributed by atoms with Crippen molar-refractivity contribution in [3.63, 3.8) is 0 Å². The third-order valence-electron chi connectivity index (χ3n) is 4.89. The van der Waals surface area contributed by atoms with E-state index in [1.165, 1.54) is 35.9 Å². The highest BCUT2D eigenvalue weighted by atomic mass is 32.2. The van der Waals surface area contributed by atoms with E-state index in [0.717, 1.165) is 10.5 Å². The molecule has 34 heavy (non-hydrogen) atoms. The number of anilines is 2. The highest BCUT2D eigenvalue weighted by Crippen LogP contribution is 2.20. The second-order valence-corrected chi connectivity index (χ2v) is 10.5. The molecule has 0 spiro atoms. The standard InChI is InChI=1S/C23H27N5O5S/c1-23(2,3)26-34(32,33)17-12-10-16(11-13-17)21(30)27(4)18-19(24)28(22(31)25-20(18)29)14-15-8-6-5-7-9-15/h5-13,26H,14,24H2,1-4H3,(H,25,29,31). The number of hydrogen-bond acceptors (Lipinski definition) is 6. The average Bonchev–Trinajstić information content (AvgIpc) is 2.75. The summed E-state index contributed by atoms with van der Waals surface area (Å²) in [5.41, 5.74) is 4.70. The number of carbonyl (C=O) groups is 1. The van der Waals surface area contributed by atoms with Crippen LogP contribution in [0.3, 0.4) is 0 Å². The molecule has 3 rings (SSSR count). The Hall–Kier alpha value is -3.70. The van der Waals surface area contributed by atoms with Gasteiger partial charge in [-0.3, -0.25) is 19.1 Å². The molecule has 0 saturated heterocycles. The number of nitrogen functional groups attached to an aromatic ring is 1. The summed E-state index contributed by atoms with van der Waals surface area (Å²) in [6.07, 6.45) is 0. The van der Waals surface area contributed by atoms with E-state index in [9.17, 15) is 22.8 Å². The summed E-state index contributed by atoms with van der Waals surface area (Å²) < 4.78 is 28.7.